The fourth-order valence-corrected chi connectivity index (χ4v) is 3.96. The van der Waals surface area contributed by atoms with Crippen molar-refractivity contribution in [3.63, 3.8) is 0 Å². The summed E-state index contributed by atoms with van der Waals surface area (Å²) >= 11 is 0. The zero-order valence-corrected chi connectivity index (χ0v) is 17.1. The molecule has 0 aromatic heterocycles. The van der Waals surface area contributed by atoms with Gasteiger partial charge in [-0.1, -0.05) is 24.3 Å². The average molecular weight is 412 g/mol. The summed E-state index contributed by atoms with van der Waals surface area (Å²) in [6, 6.07) is 12.4. The van der Waals surface area contributed by atoms with Crippen LogP contribution in [-0.2, 0) is 6.54 Å². The van der Waals surface area contributed by atoms with Gasteiger partial charge in [0.05, 0.1) is 5.69 Å². The average Bonchev–Trinajstić information content (AvgIpc) is 3.44. The zero-order valence-electron chi connectivity index (χ0n) is 17.1. The Morgan fingerprint density at radius 2 is 1.93 bits per heavy atom. The van der Waals surface area contributed by atoms with E-state index in [1.165, 1.54) is 23.4 Å². The van der Waals surface area contributed by atoms with Crippen molar-refractivity contribution >= 4 is 17.3 Å². The van der Waals surface area contributed by atoms with E-state index in [9.17, 15) is 8.78 Å². The second kappa shape index (κ2) is 9.15. The summed E-state index contributed by atoms with van der Waals surface area (Å²) in [5.41, 5.74) is 2.84. The molecule has 7 heteroatoms. The van der Waals surface area contributed by atoms with Gasteiger partial charge in [-0.25, -0.2) is 8.78 Å². The first-order chi connectivity index (χ1) is 14.6. The Morgan fingerprint density at radius 3 is 2.70 bits per heavy atom. The van der Waals surface area contributed by atoms with Crippen LogP contribution in [0, 0.1) is 11.6 Å². The minimum atomic E-state index is -0.556. The van der Waals surface area contributed by atoms with Crippen molar-refractivity contribution in [1.29, 1.82) is 0 Å². The first kappa shape index (κ1) is 20.2. The maximum atomic E-state index is 14.1. The molecule has 0 spiro atoms. The molecule has 0 radical (unpaired) electrons. The third-order valence-corrected chi connectivity index (χ3v) is 5.56. The molecule has 1 unspecified atom stereocenters. The van der Waals surface area contributed by atoms with E-state index < -0.39 is 11.6 Å². The van der Waals surface area contributed by atoms with E-state index in [0.29, 0.717) is 25.3 Å². The second-order valence-corrected chi connectivity index (χ2v) is 7.64. The molecule has 1 fully saturated rings. The van der Waals surface area contributed by atoms with Crippen LogP contribution in [0.4, 0.5) is 20.2 Å². The summed E-state index contributed by atoms with van der Waals surface area (Å²) in [6.45, 7) is 3.92. The van der Waals surface area contributed by atoms with Crippen molar-refractivity contribution in [2.24, 2.45) is 4.99 Å². The molecule has 0 bridgehead atoms. The number of anilines is 2. The Bertz CT molecular complexity index is 935. The van der Waals surface area contributed by atoms with Gasteiger partial charge < -0.3 is 20.4 Å². The van der Waals surface area contributed by atoms with Crippen LogP contribution in [-0.4, -0.2) is 45.2 Å². The summed E-state index contributed by atoms with van der Waals surface area (Å²) in [5.74, 6) is -0.360. The SMILES string of the molecule is CN=C(NCc1cccc(N2CC=CC2)c1)NC1CCN(c2ccc(F)cc2F)C1. The lowest BCUT2D eigenvalue weighted by molar-refractivity contribution is 0.580. The fraction of sp³-hybridized carbons (Fsp3) is 0.348. The Balaban J connectivity index is 1.31. The standard InChI is InChI=1S/C23H27F2N5/c1-26-23(27-15-17-5-4-6-20(13-17)29-10-2-3-11-29)28-19-9-12-30(16-19)22-8-7-18(24)14-21(22)25/h2-8,13-14,19H,9-12,15-16H2,1H3,(H2,26,27,28). The first-order valence-electron chi connectivity index (χ1n) is 10.3. The molecular weight excluding hydrogens is 384 g/mol. The van der Waals surface area contributed by atoms with Crippen molar-refractivity contribution in [3.8, 4) is 0 Å². The number of guanidine groups is 1. The minimum absolute atomic E-state index is 0.141. The van der Waals surface area contributed by atoms with Crippen LogP contribution in [0.3, 0.4) is 0 Å². The summed E-state index contributed by atoms with van der Waals surface area (Å²) in [7, 11) is 1.74. The van der Waals surface area contributed by atoms with Crippen LogP contribution in [0.2, 0.25) is 0 Å². The number of nitrogens with zero attached hydrogens (tertiary/aromatic N) is 3. The Hall–Kier alpha value is -3.09. The van der Waals surface area contributed by atoms with Crippen molar-refractivity contribution in [2.75, 3.05) is 43.0 Å². The van der Waals surface area contributed by atoms with Gasteiger partial charge in [-0.05, 0) is 36.2 Å². The number of rotatable bonds is 5. The molecule has 2 heterocycles. The highest BCUT2D eigenvalue weighted by Crippen LogP contribution is 2.24. The van der Waals surface area contributed by atoms with Gasteiger partial charge in [0.1, 0.15) is 11.6 Å². The van der Waals surface area contributed by atoms with Crippen LogP contribution in [0.25, 0.3) is 0 Å². The van der Waals surface area contributed by atoms with Crippen molar-refractivity contribution in [3.05, 3.63) is 71.8 Å². The van der Waals surface area contributed by atoms with Gasteiger partial charge in [-0.15, -0.1) is 0 Å². The summed E-state index contributed by atoms with van der Waals surface area (Å²) in [6.07, 6.45) is 5.22. The van der Waals surface area contributed by atoms with Crippen molar-refractivity contribution in [1.82, 2.24) is 10.6 Å². The molecule has 4 rings (SSSR count). The quantitative estimate of drug-likeness (QED) is 0.450. The van der Waals surface area contributed by atoms with Crippen LogP contribution in [0.15, 0.2) is 59.6 Å². The zero-order chi connectivity index (χ0) is 20.9. The summed E-state index contributed by atoms with van der Waals surface area (Å²) in [5, 5.41) is 6.78. The van der Waals surface area contributed by atoms with Crippen LogP contribution in [0.5, 0.6) is 0 Å². The molecule has 1 atom stereocenters. The third-order valence-electron chi connectivity index (χ3n) is 5.56. The van der Waals surface area contributed by atoms with Gasteiger partial charge in [-0.3, -0.25) is 4.99 Å². The summed E-state index contributed by atoms with van der Waals surface area (Å²) < 4.78 is 27.2. The minimum Gasteiger partial charge on any atom is -0.367 e. The van der Waals surface area contributed by atoms with E-state index in [1.54, 1.807) is 7.05 Å². The number of nitrogens with one attached hydrogen (secondary N) is 2. The molecule has 0 amide bonds. The van der Waals surface area contributed by atoms with Gasteiger partial charge >= 0.3 is 0 Å². The number of aliphatic imine (C=N–C) groups is 1. The van der Waals surface area contributed by atoms with Crippen molar-refractivity contribution in [2.45, 2.75) is 19.0 Å². The van der Waals surface area contributed by atoms with Crippen LogP contribution < -0.4 is 20.4 Å². The Kier molecular flexibility index (Phi) is 6.16. The number of halogens is 2. The van der Waals surface area contributed by atoms with E-state index in [2.05, 4.69) is 56.9 Å². The molecule has 30 heavy (non-hydrogen) atoms. The smallest absolute Gasteiger partial charge is 0.191 e. The van der Waals surface area contributed by atoms with Gasteiger partial charge in [0, 0.05) is 57.6 Å². The number of hydrogen-bond donors (Lipinski definition) is 2. The molecular formula is C23H27F2N5. The largest absolute Gasteiger partial charge is 0.367 e. The normalized spacial score (nSPS) is 18.9. The summed E-state index contributed by atoms with van der Waals surface area (Å²) in [4.78, 5) is 8.58. The van der Waals surface area contributed by atoms with E-state index in [1.807, 2.05) is 4.90 Å². The van der Waals surface area contributed by atoms with Crippen molar-refractivity contribution < 1.29 is 8.78 Å². The lowest BCUT2D eigenvalue weighted by Crippen LogP contribution is -2.44. The molecule has 2 aliphatic rings. The number of hydrogen-bond acceptors (Lipinski definition) is 3. The predicted octanol–water partition coefficient (Wildman–Crippen LogP) is 3.28. The van der Waals surface area contributed by atoms with E-state index in [0.717, 1.165) is 31.5 Å². The molecule has 0 aliphatic carbocycles. The lowest BCUT2D eigenvalue weighted by atomic mass is 10.2. The first-order valence-corrected chi connectivity index (χ1v) is 10.3. The maximum Gasteiger partial charge on any atom is 0.191 e. The predicted molar refractivity (Wildman–Crippen MR) is 118 cm³/mol. The third kappa shape index (κ3) is 4.72. The second-order valence-electron chi connectivity index (χ2n) is 7.64. The van der Waals surface area contributed by atoms with E-state index in [4.69, 9.17) is 0 Å². The Labute approximate surface area is 176 Å². The molecule has 2 N–H and O–H groups in total. The molecule has 2 aromatic carbocycles. The molecule has 2 aliphatic heterocycles. The van der Waals surface area contributed by atoms with Gasteiger partial charge in [0.2, 0.25) is 0 Å². The molecule has 2 aromatic rings. The molecule has 5 nitrogen and oxygen atoms in total. The number of benzene rings is 2. The fourth-order valence-electron chi connectivity index (χ4n) is 3.96. The van der Waals surface area contributed by atoms with Gasteiger partial charge in [0.25, 0.3) is 0 Å². The van der Waals surface area contributed by atoms with Crippen LogP contribution in [0.1, 0.15) is 12.0 Å². The highest BCUT2D eigenvalue weighted by molar-refractivity contribution is 5.80. The van der Waals surface area contributed by atoms with Gasteiger partial charge in [0.15, 0.2) is 5.96 Å². The maximum absolute atomic E-state index is 14.1. The lowest BCUT2D eigenvalue weighted by Gasteiger charge is -2.21. The van der Waals surface area contributed by atoms with Crippen LogP contribution >= 0.6 is 0 Å². The molecule has 0 saturated carbocycles. The monoisotopic (exact) mass is 411 g/mol. The molecule has 158 valence electrons. The Morgan fingerprint density at radius 1 is 1.10 bits per heavy atom. The van der Waals surface area contributed by atoms with E-state index >= 15 is 0 Å². The van der Waals surface area contributed by atoms with Gasteiger partial charge in [-0.2, -0.15) is 0 Å². The topological polar surface area (TPSA) is 42.9 Å². The molecule has 1 saturated heterocycles. The highest BCUT2D eigenvalue weighted by atomic mass is 19.1. The highest BCUT2D eigenvalue weighted by Gasteiger charge is 2.25. The van der Waals surface area contributed by atoms with E-state index in [-0.39, 0.29) is 6.04 Å².